The lowest BCUT2D eigenvalue weighted by Crippen LogP contribution is -2.40. The minimum absolute atomic E-state index is 0.633. The summed E-state index contributed by atoms with van der Waals surface area (Å²) in [7, 11) is 2.27. The quantitative estimate of drug-likeness (QED) is 0.832. The molecule has 2 heteroatoms. The van der Waals surface area contributed by atoms with Crippen molar-refractivity contribution in [1.29, 1.82) is 0 Å². The molecule has 1 aromatic rings. The van der Waals surface area contributed by atoms with Crippen LogP contribution >= 0.6 is 0 Å². The molecule has 2 nitrogen and oxygen atoms in total. The monoisotopic (exact) mass is 270 g/mol. The minimum Gasteiger partial charge on any atom is -0.306 e. The molecule has 0 N–H and O–H groups in total. The van der Waals surface area contributed by atoms with Crippen molar-refractivity contribution in [3.05, 3.63) is 42.0 Å². The van der Waals surface area contributed by atoms with Crippen LogP contribution in [0.15, 0.2) is 30.8 Å². The third-order valence-electron chi connectivity index (χ3n) is 5.14. The van der Waals surface area contributed by atoms with Crippen LogP contribution in [0.1, 0.15) is 30.4 Å². The van der Waals surface area contributed by atoms with E-state index in [1.54, 1.807) is 0 Å². The van der Waals surface area contributed by atoms with E-state index in [1.807, 2.05) is 6.08 Å². The van der Waals surface area contributed by atoms with Gasteiger partial charge in [-0.3, -0.25) is 4.90 Å². The van der Waals surface area contributed by atoms with Crippen LogP contribution in [0.5, 0.6) is 0 Å². The van der Waals surface area contributed by atoms with Gasteiger partial charge in [-0.1, -0.05) is 36.9 Å². The van der Waals surface area contributed by atoms with Crippen molar-refractivity contribution < 1.29 is 0 Å². The highest BCUT2D eigenvalue weighted by atomic mass is 15.2. The number of piperidine rings is 1. The Bertz CT molecular complexity index is 472. The van der Waals surface area contributed by atoms with Gasteiger partial charge in [0.1, 0.15) is 0 Å². The van der Waals surface area contributed by atoms with Gasteiger partial charge in [-0.25, -0.2) is 0 Å². The molecular formula is C18H26N2. The Morgan fingerprint density at radius 2 is 1.95 bits per heavy atom. The predicted octanol–water partition coefficient (Wildman–Crippen LogP) is 3.25. The van der Waals surface area contributed by atoms with Gasteiger partial charge in [0.25, 0.3) is 0 Å². The second-order valence-corrected chi connectivity index (χ2v) is 6.71. The zero-order chi connectivity index (χ0) is 14.0. The molecule has 2 aliphatic rings. The summed E-state index contributed by atoms with van der Waals surface area (Å²) < 4.78 is 0. The average molecular weight is 270 g/mol. The van der Waals surface area contributed by atoms with E-state index < -0.39 is 0 Å². The average Bonchev–Trinajstić information content (AvgIpc) is 2.83. The first-order chi connectivity index (χ1) is 9.69. The normalized spacial score (nSPS) is 23.2. The van der Waals surface area contributed by atoms with Crippen molar-refractivity contribution in [1.82, 2.24) is 9.80 Å². The molecule has 3 rings (SSSR count). The van der Waals surface area contributed by atoms with E-state index in [4.69, 9.17) is 0 Å². The molecule has 0 radical (unpaired) electrons. The Kier molecular flexibility index (Phi) is 3.95. The SMILES string of the molecule is C=Cc1cccc(CN2CCC3(CCN(C)C3)CC2)c1. The molecule has 2 saturated heterocycles. The lowest BCUT2D eigenvalue weighted by atomic mass is 9.77. The zero-order valence-electron chi connectivity index (χ0n) is 12.6. The third kappa shape index (κ3) is 2.97. The Balaban J connectivity index is 1.57. The second kappa shape index (κ2) is 5.71. The molecule has 2 fully saturated rings. The Labute approximate surface area is 123 Å². The largest absolute Gasteiger partial charge is 0.306 e. The van der Waals surface area contributed by atoms with Gasteiger partial charge in [0.05, 0.1) is 0 Å². The summed E-state index contributed by atoms with van der Waals surface area (Å²) in [6.45, 7) is 10.1. The molecule has 0 bridgehead atoms. The predicted molar refractivity (Wildman–Crippen MR) is 85.6 cm³/mol. The van der Waals surface area contributed by atoms with Gasteiger partial charge in [-0.05, 0) is 62.5 Å². The van der Waals surface area contributed by atoms with Crippen LogP contribution in [-0.4, -0.2) is 43.0 Å². The molecular weight excluding hydrogens is 244 g/mol. The third-order valence-corrected chi connectivity index (χ3v) is 5.14. The number of hydrogen-bond acceptors (Lipinski definition) is 2. The van der Waals surface area contributed by atoms with Crippen molar-refractivity contribution in [3.8, 4) is 0 Å². The van der Waals surface area contributed by atoms with Gasteiger partial charge < -0.3 is 4.90 Å². The first-order valence-corrected chi connectivity index (χ1v) is 7.81. The fourth-order valence-electron chi connectivity index (χ4n) is 3.83. The maximum absolute atomic E-state index is 3.86. The molecule has 0 saturated carbocycles. The highest BCUT2D eigenvalue weighted by Gasteiger charge is 2.39. The van der Waals surface area contributed by atoms with Crippen molar-refractivity contribution in [3.63, 3.8) is 0 Å². The van der Waals surface area contributed by atoms with Gasteiger partial charge >= 0.3 is 0 Å². The number of benzene rings is 1. The van der Waals surface area contributed by atoms with Crippen LogP contribution in [0.2, 0.25) is 0 Å². The fraction of sp³-hybridized carbons (Fsp3) is 0.556. The summed E-state index contributed by atoms with van der Waals surface area (Å²) in [6.07, 6.45) is 6.09. The first kappa shape index (κ1) is 13.8. The maximum Gasteiger partial charge on any atom is 0.0233 e. The van der Waals surface area contributed by atoms with Gasteiger partial charge in [0.2, 0.25) is 0 Å². The van der Waals surface area contributed by atoms with Gasteiger partial charge in [-0.15, -0.1) is 0 Å². The first-order valence-electron chi connectivity index (χ1n) is 7.81. The Morgan fingerprint density at radius 1 is 1.20 bits per heavy atom. The molecule has 0 unspecified atom stereocenters. The van der Waals surface area contributed by atoms with Crippen LogP contribution in [0.3, 0.4) is 0 Å². The van der Waals surface area contributed by atoms with E-state index in [-0.39, 0.29) is 0 Å². The lowest BCUT2D eigenvalue weighted by molar-refractivity contribution is 0.105. The fourth-order valence-corrected chi connectivity index (χ4v) is 3.83. The Morgan fingerprint density at radius 3 is 2.60 bits per heavy atom. The maximum atomic E-state index is 3.86. The van der Waals surface area contributed by atoms with E-state index in [1.165, 1.54) is 56.6 Å². The number of nitrogens with zero attached hydrogens (tertiary/aromatic N) is 2. The van der Waals surface area contributed by atoms with Crippen LogP contribution in [0.4, 0.5) is 0 Å². The number of rotatable bonds is 3. The Hall–Kier alpha value is -1.12. The summed E-state index contributed by atoms with van der Waals surface area (Å²) in [6, 6.07) is 8.77. The van der Waals surface area contributed by atoms with Crippen molar-refractivity contribution >= 4 is 6.08 Å². The van der Waals surface area contributed by atoms with E-state index >= 15 is 0 Å². The van der Waals surface area contributed by atoms with Crippen molar-refractivity contribution in [2.45, 2.75) is 25.8 Å². The topological polar surface area (TPSA) is 6.48 Å². The molecule has 20 heavy (non-hydrogen) atoms. The molecule has 0 aromatic heterocycles. The molecule has 2 heterocycles. The number of hydrogen-bond donors (Lipinski definition) is 0. The molecule has 1 spiro atoms. The molecule has 0 amide bonds. The van der Waals surface area contributed by atoms with Crippen molar-refractivity contribution in [2.24, 2.45) is 5.41 Å². The van der Waals surface area contributed by atoms with Gasteiger partial charge in [-0.2, -0.15) is 0 Å². The molecule has 1 aromatic carbocycles. The van der Waals surface area contributed by atoms with Gasteiger partial charge in [0.15, 0.2) is 0 Å². The highest BCUT2D eigenvalue weighted by Crippen LogP contribution is 2.39. The smallest absolute Gasteiger partial charge is 0.0233 e. The summed E-state index contributed by atoms with van der Waals surface area (Å²) >= 11 is 0. The van der Waals surface area contributed by atoms with E-state index in [9.17, 15) is 0 Å². The molecule has 0 aliphatic carbocycles. The van der Waals surface area contributed by atoms with Crippen LogP contribution in [0.25, 0.3) is 6.08 Å². The standard InChI is InChI=1S/C18H26N2/c1-3-16-5-4-6-17(13-16)14-20-11-8-18(9-12-20)7-10-19(2)15-18/h3-6,13H,1,7-12,14-15H2,2H3. The highest BCUT2D eigenvalue weighted by molar-refractivity contribution is 5.47. The summed E-state index contributed by atoms with van der Waals surface area (Å²) in [4.78, 5) is 5.12. The van der Waals surface area contributed by atoms with Crippen LogP contribution in [-0.2, 0) is 6.54 Å². The number of likely N-dealkylation sites (tertiary alicyclic amines) is 2. The summed E-state index contributed by atoms with van der Waals surface area (Å²) in [5, 5.41) is 0. The van der Waals surface area contributed by atoms with Crippen LogP contribution in [0, 0.1) is 5.41 Å². The lowest BCUT2D eigenvalue weighted by Gasteiger charge is -2.39. The minimum atomic E-state index is 0.633. The zero-order valence-corrected chi connectivity index (χ0v) is 12.6. The second-order valence-electron chi connectivity index (χ2n) is 6.71. The summed E-state index contributed by atoms with van der Waals surface area (Å²) in [5.41, 5.74) is 3.28. The van der Waals surface area contributed by atoms with E-state index in [0.717, 1.165) is 6.54 Å². The van der Waals surface area contributed by atoms with E-state index in [2.05, 4.69) is 47.7 Å². The molecule has 108 valence electrons. The molecule has 2 aliphatic heterocycles. The van der Waals surface area contributed by atoms with Crippen molar-refractivity contribution in [2.75, 3.05) is 33.2 Å². The summed E-state index contributed by atoms with van der Waals surface area (Å²) in [5.74, 6) is 0. The van der Waals surface area contributed by atoms with E-state index in [0.29, 0.717) is 5.41 Å². The van der Waals surface area contributed by atoms with Gasteiger partial charge in [0, 0.05) is 13.1 Å². The molecule has 0 atom stereocenters. The van der Waals surface area contributed by atoms with Crippen LogP contribution < -0.4 is 0 Å².